The summed E-state index contributed by atoms with van der Waals surface area (Å²) < 4.78 is 19.1. The van der Waals surface area contributed by atoms with Gasteiger partial charge in [-0.1, -0.05) is 11.3 Å². The average Bonchev–Trinajstić information content (AvgIpc) is 2.98. The number of nitrogens with one attached hydrogen (secondary N) is 1. The quantitative estimate of drug-likeness (QED) is 0.852. The van der Waals surface area contributed by atoms with E-state index in [1.165, 1.54) is 23.5 Å². The molecule has 2 aromatic rings. The molecule has 0 spiro atoms. The lowest BCUT2D eigenvalue weighted by atomic mass is 9.97. The molecule has 1 amide bonds. The van der Waals surface area contributed by atoms with Crippen LogP contribution in [0.2, 0.25) is 0 Å². The van der Waals surface area contributed by atoms with Crippen molar-refractivity contribution >= 4 is 32.6 Å². The molecule has 1 saturated heterocycles. The van der Waals surface area contributed by atoms with Crippen LogP contribution >= 0.6 is 11.3 Å². The van der Waals surface area contributed by atoms with Crippen LogP contribution in [0.5, 0.6) is 0 Å². The number of ether oxygens (including phenoxy) is 1. The van der Waals surface area contributed by atoms with Crippen LogP contribution < -0.4 is 10.2 Å². The number of fused-ring (bicyclic) bond motifs is 1. The fourth-order valence-corrected chi connectivity index (χ4v) is 3.83. The minimum atomic E-state index is -0.248. The molecule has 1 aliphatic heterocycles. The Morgan fingerprint density at radius 3 is 3.26 bits per heavy atom. The number of aromatic nitrogens is 1. The lowest BCUT2D eigenvalue weighted by molar-refractivity contribution is -0.125. The van der Waals surface area contributed by atoms with E-state index in [-0.39, 0.29) is 17.6 Å². The highest BCUT2D eigenvalue weighted by Gasteiger charge is 2.27. The van der Waals surface area contributed by atoms with Crippen LogP contribution in [-0.2, 0) is 9.53 Å². The predicted octanol–water partition coefficient (Wildman–Crippen LogP) is 2.41. The topological polar surface area (TPSA) is 54.5 Å². The molecule has 1 unspecified atom stereocenters. The zero-order chi connectivity index (χ0) is 16.2. The molecule has 0 aliphatic carbocycles. The highest BCUT2D eigenvalue weighted by molar-refractivity contribution is 7.22. The summed E-state index contributed by atoms with van der Waals surface area (Å²) in [5, 5.41) is 3.76. The molecule has 2 heterocycles. The van der Waals surface area contributed by atoms with E-state index in [1.54, 1.807) is 13.2 Å². The Labute approximate surface area is 138 Å². The molecular weight excluding hydrogens is 317 g/mol. The van der Waals surface area contributed by atoms with Gasteiger partial charge >= 0.3 is 0 Å². The zero-order valence-electron chi connectivity index (χ0n) is 13.0. The number of carbonyl (C=O) groups excluding carboxylic acids is 1. The number of carbonyl (C=O) groups is 1. The van der Waals surface area contributed by atoms with Gasteiger partial charge in [-0.25, -0.2) is 9.37 Å². The van der Waals surface area contributed by atoms with Gasteiger partial charge in [-0.2, -0.15) is 0 Å². The number of hydrogen-bond donors (Lipinski definition) is 1. The van der Waals surface area contributed by atoms with Crippen LogP contribution in [0.1, 0.15) is 12.8 Å². The van der Waals surface area contributed by atoms with Gasteiger partial charge in [0, 0.05) is 26.7 Å². The smallest absolute Gasteiger partial charge is 0.224 e. The number of halogens is 1. The molecule has 124 valence electrons. The van der Waals surface area contributed by atoms with Gasteiger partial charge in [0.1, 0.15) is 5.82 Å². The molecule has 23 heavy (non-hydrogen) atoms. The van der Waals surface area contributed by atoms with E-state index in [4.69, 9.17) is 4.74 Å². The largest absolute Gasteiger partial charge is 0.383 e. The molecule has 5 nitrogen and oxygen atoms in total. The van der Waals surface area contributed by atoms with E-state index >= 15 is 0 Å². The number of piperidine rings is 1. The average molecular weight is 337 g/mol. The molecule has 0 radical (unpaired) electrons. The van der Waals surface area contributed by atoms with Gasteiger partial charge < -0.3 is 15.0 Å². The molecule has 0 saturated carbocycles. The van der Waals surface area contributed by atoms with Crippen LogP contribution in [0.15, 0.2) is 18.2 Å². The molecule has 1 aliphatic rings. The Morgan fingerprint density at radius 1 is 1.57 bits per heavy atom. The van der Waals surface area contributed by atoms with Crippen LogP contribution in [0, 0.1) is 11.7 Å². The van der Waals surface area contributed by atoms with Crippen LogP contribution in [-0.4, -0.2) is 44.2 Å². The third kappa shape index (κ3) is 3.79. The van der Waals surface area contributed by atoms with Crippen molar-refractivity contribution in [3.63, 3.8) is 0 Å². The SMILES string of the molecule is COCCNC(=O)C1CCCN(c2nc3ccc(F)cc3s2)C1. The highest BCUT2D eigenvalue weighted by Crippen LogP contribution is 2.32. The first-order valence-corrected chi connectivity index (χ1v) is 8.56. The van der Waals surface area contributed by atoms with Crippen molar-refractivity contribution in [1.29, 1.82) is 0 Å². The summed E-state index contributed by atoms with van der Waals surface area (Å²) in [6.07, 6.45) is 1.83. The van der Waals surface area contributed by atoms with Crippen molar-refractivity contribution in [1.82, 2.24) is 10.3 Å². The Morgan fingerprint density at radius 2 is 2.43 bits per heavy atom. The second-order valence-electron chi connectivity index (χ2n) is 5.68. The zero-order valence-corrected chi connectivity index (χ0v) is 13.9. The van der Waals surface area contributed by atoms with Crippen molar-refractivity contribution in [3.05, 3.63) is 24.0 Å². The number of nitrogens with zero attached hydrogens (tertiary/aromatic N) is 2. The third-order valence-corrected chi connectivity index (χ3v) is 5.09. The lowest BCUT2D eigenvalue weighted by Crippen LogP contribution is -2.43. The Kier molecular flexibility index (Phi) is 5.07. The number of amides is 1. The predicted molar refractivity (Wildman–Crippen MR) is 89.4 cm³/mol. The van der Waals surface area contributed by atoms with Gasteiger partial charge in [0.2, 0.25) is 5.91 Å². The van der Waals surface area contributed by atoms with Gasteiger partial charge in [-0.15, -0.1) is 0 Å². The molecule has 1 atom stereocenters. The number of benzene rings is 1. The van der Waals surface area contributed by atoms with Gasteiger partial charge in [-0.3, -0.25) is 4.79 Å². The Bertz CT molecular complexity index is 691. The van der Waals surface area contributed by atoms with Crippen LogP contribution in [0.25, 0.3) is 10.2 Å². The number of anilines is 1. The van der Waals surface area contributed by atoms with Crippen molar-refractivity contribution < 1.29 is 13.9 Å². The van der Waals surface area contributed by atoms with Crippen LogP contribution in [0.4, 0.5) is 9.52 Å². The summed E-state index contributed by atoms with van der Waals surface area (Å²) in [6, 6.07) is 4.63. The van der Waals surface area contributed by atoms with Gasteiger partial charge in [0.25, 0.3) is 0 Å². The maximum atomic E-state index is 13.3. The second kappa shape index (κ2) is 7.23. The van der Waals surface area contributed by atoms with Gasteiger partial charge in [0.05, 0.1) is 22.7 Å². The number of hydrogen-bond acceptors (Lipinski definition) is 5. The van der Waals surface area contributed by atoms with Crippen LogP contribution in [0.3, 0.4) is 0 Å². The van der Waals surface area contributed by atoms with Crippen molar-refractivity contribution in [2.75, 3.05) is 38.3 Å². The second-order valence-corrected chi connectivity index (χ2v) is 6.69. The summed E-state index contributed by atoms with van der Waals surface area (Å²) in [5.74, 6) is -0.218. The molecule has 1 fully saturated rings. The summed E-state index contributed by atoms with van der Waals surface area (Å²) in [7, 11) is 1.62. The van der Waals surface area contributed by atoms with Crippen molar-refractivity contribution in [2.45, 2.75) is 12.8 Å². The fourth-order valence-electron chi connectivity index (χ4n) is 2.81. The molecule has 1 aromatic heterocycles. The number of methoxy groups -OCH3 is 1. The number of rotatable bonds is 5. The van der Waals surface area contributed by atoms with Crippen molar-refractivity contribution in [2.24, 2.45) is 5.92 Å². The first kappa shape index (κ1) is 16.1. The third-order valence-electron chi connectivity index (χ3n) is 4.01. The molecule has 7 heteroatoms. The van der Waals surface area contributed by atoms with E-state index in [1.807, 2.05) is 0 Å². The first-order valence-electron chi connectivity index (χ1n) is 7.75. The first-order chi connectivity index (χ1) is 11.2. The summed E-state index contributed by atoms with van der Waals surface area (Å²) in [4.78, 5) is 18.9. The number of thiazole rings is 1. The molecule has 0 bridgehead atoms. The van der Waals surface area contributed by atoms with Gasteiger partial charge in [-0.05, 0) is 31.0 Å². The normalized spacial score (nSPS) is 18.3. The van der Waals surface area contributed by atoms with E-state index in [0.717, 1.165) is 34.7 Å². The molecule has 1 N–H and O–H groups in total. The monoisotopic (exact) mass is 337 g/mol. The minimum absolute atomic E-state index is 0.0376. The summed E-state index contributed by atoms with van der Waals surface area (Å²) >= 11 is 1.48. The Balaban J connectivity index is 1.68. The summed E-state index contributed by atoms with van der Waals surface area (Å²) in [5.41, 5.74) is 0.804. The maximum Gasteiger partial charge on any atom is 0.224 e. The van der Waals surface area contributed by atoms with Crippen molar-refractivity contribution in [3.8, 4) is 0 Å². The fraction of sp³-hybridized carbons (Fsp3) is 0.500. The van der Waals surface area contributed by atoms with E-state index in [9.17, 15) is 9.18 Å². The Hall–Kier alpha value is -1.73. The minimum Gasteiger partial charge on any atom is -0.383 e. The van der Waals surface area contributed by atoms with E-state index < -0.39 is 0 Å². The molecule has 1 aromatic carbocycles. The molecule has 3 rings (SSSR count). The maximum absolute atomic E-state index is 13.3. The van der Waals surface area contributed by atoms with Gasteiger partial charge in [0.15, 0.2) is 5.13 Å². The molecular formula is C16H20FN3O2S. The van der Waals surface area contributed by atoms with E-state index in [2.05, 4.69) is 15.2 Å². The summed E-state index contributed by atoms with van der Waals surface area (Å²) in [6.45, 7) is 2.59. The lowest BCUT2D eigenvalue weighted by Gasteiger charge is -2.31. The highest BCUT2D eigenvalue weighted by atomic mass is 32.1. The standard InChI is InChI=1S/C16H20FN3O2S/c1-22-8-6-18-15(21)11-3-2-7-20(10-11)16-19-13-5-4-12(17)9-14(13)23-16/h4-5,9,11H,2-3,6-8,10H2,1H3,(H,18,21). The van der Waals surface area contributed by atoms with E-state index in [0.29, 0.717) is 19.7 Å².